The second kappa shape index (κ2) is 8.58. The van der Waals surface area contributed by atoms with Crippen molar-refractivity contribution < 1.29 is 14.1 Å². The van der Waals surface area contributed by atoms with Gasteiger partial charge in [-0.25, -0.2) is 0 Å². The van der Waals surface area contributed by atoms with Crippen molar-refractivity contribution in [1.29, 1.82) is 0 Å². The molecule has 0 unspecified atom stereocenters. The normalized spacial score (nSPS) is 10.5. The first-order valence-corrected chi connectivity index (χ1v) is 9.23. The van der Waals surface area contributed by atoms with Gasteiger partial charge in [-0.15, -0.1) is 0 Å². The van der Waals surface area contributed by atoms with Gasteiger partial charge in [0.25, 0.3) is 11.8 Å². The van der Waals surface area contributed by atoms with E-state index in [9.17, 15) is 4.79 Å². The van der Waals surface area contributed by atoms with Crippen molar-refractivity contribution >= 4 is 23.2 Å². The Morgan fingerprint density at radius 3 is 2.48 bits per heavy atom. The maximum atomic E-state index is 12.6. The molecule has 0 aliphatic carbocycles. The molecule has 1 amide bonds. The number of anilines is 1. The largest absolute Gasteiger partial charge is 0.483 e. The number of ether oxygens (including phenoxy) is 1. The van der Waals surface area contributed by atoms with E-state index >= 15 is 0 Å². The molecule has 0 saturated carbocycles. The van der Waals surface area contributed by atoms with Crippen molar-refractivity contribution in [2.24, 2.45) is 0 Å². The minimum atomic E-state index is -0.265. The Hall–Kier alpha value is -3.64. The number of hydrogen-bond acceptors (Lipinski definition) is 5. The smallest absolute Gasteiger partial charge is 0.264 e. The summed E-state index contributed by atoms with van der Waals surface area (Å²) >= 11 is 5.90. The molecule has 4 aromatic rings. The van der Waals surface area contributed by atoms with E-state index in [4.69, 9.17) is 20.9 Å². The van der Waals surface area contributed by atoms with Gasteiger partial charge in [0.1, 0.15) is 5.75 Å². The fourth-order valence-corrected chi connectivity index (χ4v) is 2.80. The van der Waals surface area contributed by atoms with Crippen LogP contribution in [0.15, 0.2) is 83.4 Å². The maximum Gasteiger partial charge on any atom is 0.264 e. The lowest BCUT2D eigenvalue weighted by Crippen LogP contribution is -2.13. The standard InChI is InChI=1S/C22H16ClN3O3/c23-16-12-10-15(11-13-16)21-25-20(29-26-21)14-28-19-9-5-4-8-18(19)22(27)24-17-6-2-1-3-7-17/h1-13H,14H2,(H,24,27). The van der Waals surface area contributed by atoms with Crippen LogP contribution in [0.25, 0.3) is 11.4 Å². The van der Waals surface area contributed by atoms with E-state index in [1.165, 1.54) is 0 Å². The lowest BCUT2D eigenvalue weighted by Gasteiger charge is -2.10. The molecular formula is C22H16ClN3O3. The third-order valence-electron chi connectivity index (χ3n) is 4.08. The second-order valence-electron chi connectivity index (χ2n) is 6.12. The Kier molecular flexibility index (Phi) is 5.54. The van der Waals surface area contributed by atoms with Gasteiger partial charge in [-0.1, -0.05) is 47.1 Å². The average Bonchev–Trinajstić information content (AvgIpc) is 3.23. The van der Waals surface area contributed by atoms with E-state index in [1.807, 2.05) is 30.3 Å². The molecule has 4 rings (SSSR count). The van der Waals surface area contributed by atoms with Crippen molar-refractivity contribution in [2.45, 2.75) is 6.61 Å². The van der Waals surface area contributed by atoms with Crippen LogP contribution < -0.4 is 10.1 Å². The number of benzene rings is 3. The Morgan fingerprint density at radius 1 is 0.966 bits per heavy atom. The minimum absolute atomic E-state index is 0.0379. The molecule has 3 aromatic carbocycles. The monoisotopic (exact) mass is 405 g/mol. The second-order valence-corrected chi connectivity index (χ2v) is 6.56. The van der Waals surface area contributed by atoms with Gasteiger partial charge in [0, 0.05) is 16.3 Å². The highest BCUT2D eigenvalue weighted by molar-refractivity contribution is 6.30. The highest BCUT2D eigenvalue weighted by Crippen LogP contribution is 2.22. The van der Waals surface area contributed by atoms with Gasteiger partial charge in [0.15, 0.2) is 6.61 Å². The first-order chi connectivity index (χ1) is 14.2. The number of nitrogens with one attached hydrogen (secondary N) is 1. The van der Waals surface area contributed by atoms with Gasteiger partial charge in [-0.05, 0) is 48.5 Å². The van der Waals surface area contributed by atoms with Crippen LogP contribution in [-0.4, -0.2) is 16.0 Å². The van der Waals surface area contributed by atoms with Crippen molar-refractivity contribution in [3.8, 4) is 17.1 Å². The molecule has 0 saturated heterocycles. The Bertz CT molecular complexity index is 1110. The van der Waals surface area contributed by atoms with E-state index in [1.54, 1.807) is 48.5 Å². The summed E-state index contributed by atoms with van der Waals surface area (Å²) in [6.07, 6.45) is 0. The number of carbonyl (C=O) groups excluding carboxylic acids is 1. The molecule has 1 N–H and O–H groups in total. The first kappa shape index (κ1) is 18.7. The van der Waals surface area contributed by atoms with Crippen LogP contribution in [0, 0.1) is 0 Å². The molecule has 6 nitrogen and oxygen atoms in total. The van der Waals surface area contributed by atoms with Crippen LogP contribution in [0.3, 0.4) is 0 Å². The summed E-state index contributed by atoms with van der Waals surface area (Å²) in [7, 11) is 0. The number of rotatable bonds is 6. The number of para-hydroxylation sites is 2. The molecule has 0 spiro atoms. The summed E-state index contributed by atoms with van der Waals surface area (Å²) in [5, 5.41) is 7.43. The van der Waals surface area contributed by atoms with Crippen LogP contribution in [0.2, 0.25) is 5.02 Å². The number of aromatic nitrogens is 2. The van der Waals surface area contributed by atoms with Crippen molar-refractivity contribution in [1.82, 2.24) is 10.1 Å². The van der Waals surface area contributed by atoms with Gasteiger partial charge in [-0.3, -0.25) is 4.79 Å². The van der Waals surface area contributed by atoms with Crippen LogP contribution in [0.1, 0.15) is 16.2 Å². The van der Waals surface area contributed by atoms with Gasteiger partial charge in [0.2, 0.25) is 5.82 Å². The first-order valence-electron chi connectivity index (χ1n) is 8.86. The molecule has 0 fully saturated rings. The number of nitrogens with zero attached hydrogens (tertiary/aromatic N) is 2. The van der Waals surface area contributed by atoms with E-state index in [0.29, 0.717) is 33.7 Å². The van der Waals surface area contributed by atoms with Crippen LogP contribution in [0.4, 0.5) is 5.69 Å². The number of amides is 1. The maximum absolute atomic E-state index is 12.6. The topological polar surface area (TPSA) is 77.2 Å². The molecule has 29 heavy (non-hydrogen) atoms. The fraction of sp³-hybridized carbons (Fsp3) is 0.0455. The number of halogens is 1. The Balaban J connectivity index is 1.45. The van der Waals surface area contributed by atoms with E-state index < -0.39 is 0 Å². The molecule has 0 bridgehead atoms. The fourth-order valence-electron chi connectivity index (χ4n) is 2.67. The van der Waals surface area contributed by atoms with E-state index in [0.717, 1.165) is 5.56 Å². The number of hydrogen-bond donors (Lipinski definition) is 1. The zero-order valence-electron chi connectivity index (χ0n) is 15.2. The predicted molar refractivity (Wildman–Crippen MR) is 110 cm³/mol. The molecule has 0 atom stereocenters. The molecule has 1 heterocycles. The molecule has 0 aliphatic heterocycles. The Labute approximate surface area is 172 Å². The van der Waals surface area contributed by atoms with Gasteiger partial charge >= 0.3 is 0 Å². The van der Waals surface area contributed by atoms with Gasteiger partial charge in [0.05, 0.1) is 5.56 Å². The van der Waals surface area contributed by atoms with Gasteiger partial charge < -0.3 is 14.6 Å². The van der Waals surface area contributed by atoms with Crippen molar-refractivity contribution in [3.63, 3.8) is 0 Å². The summed E-state index contributed by atoms with van der Waals surface area (Å²) < 4.78 is 11.0. The zero-order valence-corrected chi connectivity index (χ0v) is 16.0. The summed E-state index contributed by atoms with van der Waals surface area (Å²) in [6, 6.07) is 23.3. The van der Waals surface area contributed by atoms with Crippen LogP contribution in [-0.2, 0) is 6.61 Å². The molecule has 0 aliphatic rings. The minimum Gasteiger partial charge on any atom is -0.483 e. The summed E-state index contributed by atoms with van der Waals surface area (Å²) in [5.41, 5.74) is 1.90. The lowest BCUT2D eigenvalue weighted by molar-refractivity contribution is 0.102. The van der Waals surface area contributed by atoms with Crippen molar-refractivity contribution in [3.05, 3.63) is 95.3 Å². The highest BCUT2D eigenvalue weighted by Gasteiger charge is 2.14. The Morgan fingerprint density at radius 2 is 1.69 bits per heavy atom. The predicted octanol–water partition coefficient (Wildman–Crippen LogP) is 5.22. The summed E-state index contributed by atoms with van der Waals surface area (Å²) in [5.74, 6) is 0.898. The third kappa shape index (κ3) is 4.62. The van der Waals surface area contributed by atoms with E-state index in [-0.39, 0.29) is 12.5 Å². The van der Waals surface area contributed by atoms with E-state index in [2.05, 4.69) is 15.5 Å². The van der Waals surface area contributed by atoms with Gasteiger partial charge in [-0.2, -0.15) is 4.98 Å². The van der Waals surface area contributed by atoms with Crippen LogP contribution >= 0.6 is 11.6 Å². The molecule has 1 aromatic heterocycles. The van der Waals surface area contributed by atoms with Crippen LogP contribution in [0.5, 0.6) is 5.75 Å². The quantitative estimate of drug-likeness (QED) is 0.475. The zero-order chi connectivity index (χ0) is 20.1. The SMILES string of the molecule is O=C(Nc1ccccc1)c1ccccc1OCc1nc(-c2ccc(Cl)cc2)no1. The summed E-state index contributed by atoms with van der Waals surface area (Å²) in [6.45, 7) is 0.0379. The lowest BCUT2D eigenvalue weighted by atomic mass is 10.2. The van der Waals surface area contributed by atoms with Crippen molar-refractivity contribution in [2.75, 3.05) is 5.32 Å². The average molecular weight is 406 g/mol. The number of carbonyl (C=O) groups is 1. The molecular weight excluding hydrogens is 390 g/mol. The molecule has 7 heteroatoms. The third-order valence-corrected chi connectivity index (χ3v) is 4.34. The summed E-state index contributed by atoms with van der Waals surface area (Å²) in [4.78, 5) is 16.9. The highest BCUT2D eigenvalue weighted by atomic mass is 35.5. The molecule has 144 valence electrons. The molecule has 0 radical (unpaired) electrons.